The summed E-state index contributed by atoms with van der Waals surface area (Å²) in [7, 11) is 0. The number of hydrogen-bond acceptors (Lipinski definition) is 9. The number of carbonyl (C=O) groups is 4. The van der Waals surface area contributed by atoms with Gasteiger partial charge in [-0.1, -0.05) is 59.2 Å². The minimum absolute atomic E-state index is 0.00319. The van der Waals surface area contributed by atoms with Crippen LogP contribution in [0.3, 0.4) is 0 Å². The van der Waals surface area contributed by atoms with Crippen LogP contribution in [0, 0.1) is 50.2 Å². The molecule has 0 heterocycles. The molecule has 6 rings (SSSR count). The van der Waals surface area contributed by atoms with Crippen LogP contribution in [0.2, 0.25) is 0 Å². The van der Waals surface area contributed by atoms with Crippen LogP contribution in [0.1, 0.15) is 125 Å². The van der Waals surface area contributed by atoms with E-state index in [1.54, 1.807) is 36.9 Å². The van der Waals surface area contributed by atoms with E-state index in [2.05, 4.69) is 41.5 Å². The number of carbonyl (C=O) groups excluding carboxylic acids is 4. The third-order valence-corrected chi connectivity index (χ3v) is 16.6. The van der Waals surface area contributed by atoms with Crippen molar-refractivity contribution >= 4 is 41.5 Å². The van der Waals surface area contributed by atoms with Crippen molar-refractivity contribution < 1.29 is 33.4 Å². The molecule has 55 heavy (non-hydrogen) atoms. The number of benzene rings is 1. The zero-order valence-electron chi connectivity index (χ0n) is 34.8. The molecule has 5 aliphatic rings. The number of esters is 3. The van der Waals surface area contributed by atoms with Crippen LogP contribution in [-0.2, 0) is 28.7 Å². The molecule has 0 bridgehead atoms. The molecular formula is C46H65NO7S. The van der Waals surface area contributed by atoms with Crippen molar-refractivity contribution in [1.29, 1.82) is 0 Å². The van der Waals surface area contributed by atoms with Gasteiger partial charge in [-0.25, -0.2) is 4.79 Å². The van der Waals surface area contributed by atoms with Gasteiger partial charge >= 0.3 is 17.9 Å². The molecule has 10 atom stereocenters. The van der Waals surface area contributed by atoms with Gasteiger partial charge in [-0.15, -0.1) is 0 Å². The van der Waals surface area contributed by atoms with Gasteiger partial charge in [0.15, 0.2) is 5.78 Å². The predicted octanol–water partition coefficient (Wildman–Crippen LogP) is 9.14. The summed E-state index contributed by atoms with van der Waals surface area (Å²) in [6.45, 7) is 18.2. The fraction of sp³-hybridized carbons (Fsp3) is 0.696. The Bertz CT molecular complexity index is 1730. The summed E-state index contributed by atoms with van der Waals surface area (Å²) in [5.41, 5.74) is 6.64. The second-order valence-electron chi connectivity index (χ2n) is 19.5. The zero-order valence-corrected chi connectivity index (χ0v) is 35.6. The average molecular weight is 776 g/mol. The Morgan fingerprint density at radius 3 is 2.31 bits per heavy atom. The van der Waals surface area contributed by atoms with Crippen LogP contribution in [-0.4, -0.2) is 54.5 Å². The number of fused-ring (bicyclic) bond motifs is 7. The molecule has 1 aromatic rings. The van der Waals surface area contributed by atoms with Crippen molar-refractivity contribution in [2.45, 2.75) is 132 Å². The minimum Gasteiger partial charge on any atom is -0.463 e. The lowest BCUT2D eigenvalue weighted by Crippen LogP contribution is -2.67. The monoisotopic (exact) mass is 775 g/mol. The van der Waals surface area contributed by atoms with Gasteiger partial charge in [0.2, 0.25) is 0 Å². The Hall–Kier alpha value is -2.91. The van der Waals surface area contributed by atoms with Gasteiger partial charge in [-0.3, -0.25) is 14.4 Å². The molecule has 0 spiro atoms. The summed E-state index contributed by atoms with van der Waals surface area (Å²) in [6.07, 6.45) is 15.3. The molecule has 0 radical (unpaired) electrons. The lowest BCUT2D eigenvalue weighted by molar-refractivity contribution is -0.211. The molecular weight excluding hydrogens is 711 g/mol. The lowest BCUT2D eigenvalue weighted by Gasteiger charge is -2.70. The maximum Gasteiger partial charge on any atom is 0.330 e. The van der Waals surface area contributed by atoms with E-state index in [1.807, 2.05) is 31.4 Å². The van der Waals surface area contributed by atoms with Crippen LogP contribution in [0.4, 0.5) is 0 Å². The second kappa shape index (κ2) is 15.1. The largest absolute Gasteiger partial charge is 0.463 e. The maximum atomic E-state index is 14.9. The number of rotatable bonds is 10. The van der Waals surface area contributed by atoms with E-state index in [1.165, 1.54) is 11.6 Å². The molecule has 0 saturated heterocycles. The summed E-state index contributed by atoms with van der Waals surface area (Å²) < 4.78 is 17.2. The molecule has 4 fully saturated rings. The van der Waals surface area contributed by atoms with Crippen molar-refractivity contribution in [2.24, 2.45) is 56.0 Å². The minimum atomic E-state index is -0.700. The molecule has 302 valence electrons. The van der Waals surface area contributed by atoms with E-state index in [9.17, 15) is 19.2 Å². The Morgan fingerprint density at radius 1 is 0.945 bits per heavy atom. The van der Waals surface area contributed by atoms with E-state index < -0.39 is 17.4 Å². The first kappa shape index (κ1) is 41.7. The number of allylic oxidation sites excluding steroid dienone is 2. The fourth-order valence-electron chi connectivity index (χ4n) is 12.4. The lowest BCUT2D eigenvalue weighted by atomic mass is 9.33. The van der Waals surface area contributed by atoms with Crippen molar-refractivity contribution in [2.75, 3.05) is 18.6 Å². The number of ketones is 1. The molecule has 9 heteroatoms. The van der Waals surface area contributed by atoms with Crippen molar-refractivity contribution in [3.63, 3.8) is 0 Å². The fourth-order valence-corrected chi connectivity index (χ4v) is 12.9. The van der Waals surface area contributed by atoms with Crippen LogP contribution in [0.15, 0.2) is 42.0 Å². The van der Waals surface area contributed by atoms with Crippen molar-refractivity contribution in [1.82, 2.24) is 0 Å². The molecule has 0 amide bonds. The third kappa shape index (κ3) is 7.16. The van der Waals surface area contributed by atoms with Gasteiger partial charge < -0.3 is 19.9 Å². The van der Waals surface area contributed by atoms with Gasteiger partial charge in [0, 0.05) is 17.4 Å². The molecule has 1 aromatic carbocycles. The van der Waals surface area contributed by atoms with Crippen LogP contribution >= 0.6 is 11.8 Å². The summed E-state index contributed by atoms with van der Waals surface area (Å²) in [5.74, 6) is 0.776. The molecule has 0 aliphatic heterocycles. The Balaban J connectivity index is 1.23. The quantitative estimate of drug-likeness (QED) is 0.141. The highest BCUT2D eigenvalue weighted by molar-refractivity contribution is 7.98. The number of thioether (sulfide) groups is 1. The molecule has 0 unspecified atom stereocenters. The summed E-state index contributed by atoms with van der Waals surface area (Å²) in [5, 5.41) is 0. The SMILES string of the molecule is CCOC(=O)/C=C/c1ccc(OC(=O)[C@@]2(C)CC[C@]3(C)CC[C@]4(C)C(=CC(=O)[C@@H]5[C@@]6(C)CC[C@H](OC(=O)[C@@H](N)CCSC)C(C)(C)[C@@H]6CC[C@]54C)[C@H]3C2)cc1. The van der Waals surface area contributed by atoms with E-state index in [0.717, 1.165) is 62.7 Å². The van der Waals surface area contributed by atoms with Gasteiger partial charge in [0.25, 0.3) is 0 Å². The summed E-state index contributed by atoms with van der Waals surface area (Å²) in [6, 6.07) is 6.54. The normalized spacial score (nSPS) is 38.4. The zero-order chi connectivity index (χ0) is 40.2. The highest BCUT2D eigenvalue weighted by Crippen LogP contribution is 2.75. The summed E-state index contributed by atoms with van der Waals surface area (Å²) >= 11 is 1.68. The highest BCUT2D eigenvalue weighted by atomic mass is 32.2. The van der Waals surface area contributed by atoms with E-state index in [4.69, 9.17) is 19.9 Å². The molecule has 8 nitrogen and oxygen atoms in total. The van der Waals surface area contributed by atoms with E-state index >= 15 is 0 Å². The first-order valence-corrected chi connectivity index (χ1v) is 22.1. The van der Waals surface area contributed by atoms with Gasteiger partial charge in [0.05, 0.1) is 12.0 Å². The van der Waals surface area contributed by atoms with E-state index in [-0.39, 0.29) is 68.7 Å². The van der Waals surface area contributed by atoms with Gasteiger partial charge in [-0.2, -0.15) is 11.8 Å². The number of nitrogens with two attached hydrogens (primary N) is 1. The Labute approximate surface area is 333 Å². The van der Waals surface area contributed by atoms with Gasteiger partial charge in [-0.05, 0) is 153 Å². The summed E-state index contributed by atoms with van der Waals surface area (Å²) in [4.78, 5) is 53.8. The average Bonchev–Trinajstić information content (AvgIpc) is 3.13. The Morgan fingerprint density at radius 2 is 1.64 bits per heavy atom. The Kier molecular flexibility index (Phi) is 11.5. The number of ether oxygens (including phenoxy) is 3. The number of hydrogen-bond donors (Lipinski definition) is 1. The molecule has 0 aromatic heterocycles. The standard InChI is InChI=1S/C46H65NO7S/c1-10-52-37(49)16-13-29-11-14-30(15-12-29)53-40(51)43(5)23-22-42(4)24-25-45(7)31(32(42)28-43)27-34(48)38-44(6)20-18-36(54-39(50)33(47)19-26-55-9)41(2,3)35(44)17-21-46(38,45)8/h11-16,27,32-33,35-36,38H,10,17-26,28,47H2,1-9H3/b16-13+/t32-,33+,35+,36+,38-,42-,43+,44+,45-,46-/m1/s1. The van der Waals surface area contributed by atoms with Crippen LogP contribution < -0.4 is 10.5 Å². The van der Waals surface area contributed by atoms with Crippen molar-refractivity contribution in [3.05, 3.63) is 47.6 Å². The van der Waals surface area contributed by atoms with Crippen LogP contribution in [0.25, 0.3) is 6.08 Å². The van der Waals surface area contributed by atoms with Crippen molar-refractivity contribution in [3.8, 4) is 5.75 Å². The first-order valence-electron chi connectivity index (χ1n) is 20.7. The molecule has 4 saturated carbocycles. The second-order valence-corrected chi connectivity index (χ2v) is 20.5. The van der Waals surface area contributed by atoms with Crippen LogP contribution in [0.5, 0.6) is 5.75 Å². The molecule has 5 aliphatic carbocycles. The third-order valence-electron chi connectivity index (χ3n) is 16.0. The highest BCUT2D eigenvalue weighted by Gasteiger charge is 2.70. The predicted molar refractivity (Wildman–Crippen MR) is 218 cm³/mol. The smallest absolute Gasteiger partial charge is 0.330 e. The molecule has 2 N–H and O–H groups in total. The topological polar surface area (TPSA) is 122 Å². The first-order chi connectivity index (χ1) is 25.8. The maximum absolute atomic E-state index is 14.9. The van der Waals surface area contributed by atoms with Gasteiger partial charge in [0.1, 0.15) is 17.9 Å². The van der Waals surface area contributed by atoms with E-state index in [0.29, 0.717) is 25.2 Å².